The van der Waals surface area contributed by atoms with Crippen LogP contribution in [0, 0.1) is 25.6 Å². The molecule has 0 saturated carbocycles. The third-order valence-corrected chi connectivity index (χ3v) is 4.92. The molecule has 0 bridgehead atoms. The number of ether oxygens (including phenoxy) is 1. The van der Waals surface area contributed by atoms with Crippen molar-refractivity contribution in [3.8, 4) is 0 Å². The Hall–Kier alpha value is -2.14. The zero-order valence-electron chi connectivity index (χ0n) is 14.6. The number of benzene rings is 1. The molecular formula is C19H23FN2O2. The lowest BCUT2D eigenvalue weighted by atomic mass is 9.75. The van der Waals surface area contributed by atoms with Crippen LogP contribution in [0.3, 0.4) is 0 Å². The first-order valence-electron chi connectivity index (χ1n) is 8.09. The average Bonchev–Trinajstić information content (AvgIpc) is 3.04. The summed E-state index contributed by atoms with van der Waals surface area (Å²) in [6.07, 6.45) is 0. The molecule has 0 amide bonds. The van der Waals surface area contributed by atoms with Crippen LogP contribution in [0.5, 0.6) is 0 Å². The Morgan fingerprint density at radius 3 is 2.75 bits per heavy atom. The summed E-state index contributed by atoms with van der Waals surface area (Å²) in [5, 5.41) is 3.21. The molecule has 2 aromatic rings. The number of oxazole rings is 1. The van der Waals surface area contributed by atoms with Gasteiger partial charge in [0.05, 0.1) is 18.9 Å². The van der Waals surface area contributed by atoms with Crippen molar-refractivity contribution in [3.05, 3.63) is 53.5 Å². The highest BCUT2D eigenvalue weighted by Gasteiger charge is 2.40. The molecule has 1 aliphatic heterocycles. The average molecular weight is 330 g/mol. The fourth-order valence-corrected chi connectivity index (χ4v) is 3.20. The van der Waals surface area contributed by atoms with Gasteiger partial charge in [0.15, 0.2) is 5.89 Å². The molecular weight excluding hydrogens is 307 g/mol. The van der Waals surface area contributed by atoms with Crippen LogP contribution in [0.25, 0.3) is 5.70 Å². The minimum atomic E-state index is -0.330. The van der Waals surface area contributed by atoms with Gasteiger partial charge < -0.3 is 14.5 Å². The SMILES string of the molecule is C=C(Nc1ccc(F)c([C@]2(C)COC[C@H]2C)c1)c1nc(C)oc1C. The number of hydrogen-bond donors (Lipinski definition) is 1. The summed E-state index contributed by atoms with van der Waals surface area (Å²) < 4.78 is 25.4. The van der Waals surface area contributed by atoms with E-state index in [4.69, 9.17) is 9.15 Å². The molecule has 0 radical (unpaired) electrons. The summed E-state index contributed by atoms with van der Waals surface area (Å²) in [6, 6.07) is 5.03. The summed E-state index contributed by atoms with van der Waals surface area (Å²) in [5.41, 5.74) is 2.42. The van der Waals surface area contributed by atoms with Gasteiger partial charge in [-0.05, 0) is 36.6 Å². The molecule has 1 aromatic heterocycles. The Morgan fingerprint density at radius 2 is 2.17 bits per heavy atom. The molecule has 1 aliphatic rings. The normalized spacial score (nSPS) is 23.5. The number of nitrogens with zero attached hydrogens (tertiary/aromatic N) is 1. The van der Waals surface area contributed by atoms with Crippen molar-refractivity contribution in [2.24, 2.45) is 5.92 Å². The zero-order chi connectivity index (χ0) is 17.5. The van der Waals surface area contributed by atoms with E-state index in [1.165, 1.54) is 6.07 Å². The van der Waals surface area contributed by atoms with Crippen LogP contribution >= 0.6 is 0 Å². The second kappa shape index (κ2) is 6.06. The van der Waals surface area contributed by atoms with E-state index in [1.54, 1.807) is 13.0 Å². The van der Waals surface area contributed by atoms with E-state index in [1.807, 2.05) is 19.9 Å². The molecule has 1 saturated heterocycles. The number of halogens is 1. The molecule has 1 aromatic carbocycles. The quantitative estimate of drug-likeness (QED) is 0.900. The Balaban J connectivity index is 1.89. The van der Waals surface area contributed by atoms with Crippen LogP contribution in [0.4, 0.5) is 10.1 Å². The topological polar surface area (TPSA) is 47.3 Å². The van der Waals surface area contributed by atoms with Crippen molar-refractivity contribution < 1.29 is 13.5 Å². The molecule has 1 fully saturated rings. The van der Waals surface area contributed by atoms with Crippen LogP contribution in [0.15, 0.2) is 29.2 Å². The first-order valence-corrected chi connectivity index (χ1v) is 8.09. The lowest BCUT2D eigenvalue weighted by Crippen LogP contribution is -2.30. The Bertz CT molecular complexity index is 784. The minimum Gasteiger partial charge on any atom is -0.446 e. The van der Waals surface area contributed by atoms with Gasteiger partial charge in [-0.3, -0.25) is 0 Å². The molecule has 0 unspecified atom stereocenters. The number of aromatic nitrogens is 1. The Labute approximate surface area is 141 Å². The van der Waals surface area contributed by atoms with Crippen molar-refractivity contribution in [1.82, 2.24) is 4.98 Å². The number of anilines is 1. The first-order chi connectivity index (χ1) is 11.3. The van der Waals surface area contributed by atoms with Gasteiger partial charge >= 0.3 is 0 Å². The lowest BCUT2D eigenvalue weighted by molar-refractivity contribution is 0.177. The third kappa shape index (κ3) is 2.84. The molecule has 2 heterocycles. The summed E-state index contributed by atoms with van der Waals surface area (Å²) >= 11 is 0. The van der Waals surface area contributed by atoms with Gasteiger partial charge in [0, 0.05) is 18.0 Å². The van der Waals surface area contributed by atoms with E-state index >= 15 is 0 Å². The van der Waals surface area contributed by atoms with Crippen LogP contribution in [0.2, 0.25) is 0 Å². The van der Waals surface area contributed by atoms with E-state index in [2.05, 4.69) is 23.8 Å². The standard InChI is InChI=1S/C19H23FN2O2/c1-11-9-23-10-19(11,5)16-8-15(6-7-17(16)20)21-12(2)18-13(3)24-14(4)22-18/h6-8,11,21H,2,9-10H2,1,3-5H3/t11-,19-/m1/s1. The summed E-state index contributed by atoms with van der Waals surface area (Å²) in [7, 11) is 0. The first kappa shape index (κ1) is 16.7. The molecule has 24 heavy (non-hydrogen) atoms. The summed E-state index contributed by atoms with van der Waals surface area (Å²) in [6.45, 7) is 13.0. The smallest absolute Gasteiger partial charge is 0.191 e. The van der Waals surface area contributed by atoms with Crippen molar-refractivity contribution in [2.45, 2.75) is 33.1 Å². The molecule has 4 nitrogen and oxygen atoms in total. The highest BCUT2D eigenvalue weighted by Crippen LogP contribution is 2.39. The van der Waals surface area contributed by atoms with E-state index in [-0.39, 0.29) is 17.2 Å². The minimum absolute atomic E-state index is 0.209. The van der Waals surface area contributed by atoms with E-state index in [9.17, 15) is 4.39 Å². The molecule has 128 valence electrons. The van der Waals surface area contributed by atoms with Gasteiger partial charge in [-0.2, -0.15) is 0 Å². The predicted octanol–water partition coefficient (Wildman–Crippen LogP) is 4.44. The molecule has 3 rings (SSSR count). The van der Waals surface area contributed by atoms with Gasteiger partial charge in [-0.15, -0.1) is 0 Å². The number of hydrogen-bond acceptors (Lipinski definition) is 4. The monoisotopic (exact) mass is 330 g/mol. The molecule has 1 N–H and O–H groups in total. The number of rotatable bonds is 4. The predicted molar refractivity (Wildman–Crippen MR) is 92.4 cm³/mol. The van der Waals surface area contributed by atoms with Gasteiger partial charge in [0.25, 0.3) is 0 Å². The second-order valence-corrected chi connectivity index (χ2v) is 6.77. The highest BCUT2D eigenvalue weighted by molar-refractivity contribution is 5.74. The van der Waals surface area contributed by atoms with Crippen molar-refractivity contribution >= 4 is 11.4 Å². The largest absolute Gasteiger partial charge is 0.446 e. The van der Waals surface area contributed by atoms with Gasteiger partial charge in [-0.25, -0.2) is 9.37 Å². The summed E-state index contributed by atoms with van der Waals surface area (Å²) in [5.74, 6) is 1.34. The molecule has 0 aliphatic carbocycles. The Kier molecular flexibility index (Phi) is 4.22. The fourth-order valence-electron chi connectivity index (χ4n) is 3.20. The molecule has 0 spiro atoms. The van der Waals surface area contributed by atoms with Crippen LogP contribution in [-0.2, 0) is 10.2 Å². The Morgan fingerprint density at radius 1 is 1.42 bits per heavy atom. The summed E-state index contributed by atoms with van der Waals surface area (Å²) in [4.78, 5) is 4.33. The van der Waals surface area contributed by atoms with Gasteiger partial charge in [0.1, 0.15) is 17.3 Å². The van der Waals surface area contributed by atoms with Crippen LogP contribution < -0.4 is 5.32 Å². The third-order valence-electron chi connectivity index (χ3n) is 4.92. The fraction of sp³-hybridized carbons (Fsp3) is 0.421. The van der Waals surface area contributed by atoms with E-state index in [0.717, 1.165) is 5.69 Å². The molecule has 2 atom stereocenters. The molecule has 5 heteroatoms. The highest BCUT2D eigenvalue weighted by atomic mass is 19.1. The van der Waals surface area contributed by atoms with E-state index < -0.39 is 0 Å². The van der Waals surface area contributed by atoms with Crippen molar-refractivity contribution in [2.75, 3.05) is 18.5 Å². The number of nitrogens with one attached hydrogen (secondary N) is 1. The maximum absolute atomic E-state index is 14.4. The zero-order valence-corrected chi connectivity index (χ0v) is 14.6. The van der Waals surface area contributed by atoms with Gasteiger partial charge in [-0.1, -0.05) is 20.4 Å². The van der Waals surface area contributed by atoms with Crippen molar-refractivity contribution in [1.29, 1.82) is 0 Å². The van der Waals surface area contributed by atoms with Crippen LogP contribution in [0.1, 0.15) is 36.8 Å². The van der Waals surface area contributed by atoms with Crippen molar-refractivity contribution in [3.63, 3.8) is 0 Å². The maximum Gasteiger partial charge on any atom is 0.191 e. The van der Waals surface area contributed by atoms with E-state index in [0.29, 0.717) is 41.8 Å². The number of aryl methyl sites for hydroxylation is 2. The second-order valence-electron chi connectivity index (χ2n) is 6.77. The van der Waals surface area contributed by atoms with Gasteiger partial charge in [0.2, 0.25) is 0 Å². The lowest BCUT2D eigenvalue weighted by Gasteiger charge is -2.28. The van der Waals surface area contributed by atoms with Crippen LogP contribution in [-0.4, -0.2) is 18.2 Å². The maximum atomic E-state index is 14.4.